The van der Waals surface area contributed by atoms with E-state index < -0.39 is 0 Å². The van der Waals surface area contributed by atoms with Crippen LogP contribution in [0.5, 0.6) is 0 Å². The Hall–Kier alpha value is -2.87. The fourth-order valence-electron chi connectivity index (χ4n) is 4.22. The lowest BCUT2D eigenvalue weighted by atomic mass is 9.89. The molecule has 0 atom stereocenters. The lowest BCUT2D eigenvalue weighted by Gasteiger charge is -2.14. The molecule has 0 bridgehead atoms. The first-order valence-electron chi connectivity index (χ1n) is 11.8. The number of aromatic nitrogens is 1. The van der Waals surface area contributed by atoms with Gasteiger partial charge < -0.3 is 9.47 Å². The van der Waals surface area contributed by atoms with Crippen LogP contribution < -0.4 is 0 Å². The molecule has 3 rings (SSSR count). The number of hydrogen-bond donors (Lipinski definition) is 0. The predicted octanol–water partition coefficient (Wildman–Crippen LogP) is 4.08. The second-order valence-corrected chi connectivity index (χ2v) is 9.37. The van der Waals surface area contributed by atoms with Crippen LogP contribution in [0.1, 0.15) is 71.7 Å². The van der Waals surface area contributed by atoms with Gasteiger partial charge in [-0.2, -0.15) is 0 Å². The lowest BCUT2D eigenvalue weighted by Crippen LogP contribution is -2.17. The minimum Gasteiger partial charge on any atom is -0.466 e. The molecule has 0 spiro atoms. The summed E-state index contributed by atoms with van der Waals surface area (Å²) in [5.41, 5.74) is 2.51. The van der Waals surface area contributed by atoms with Crippen LogP contribution in [0.25, 0.3) is 0 Å². The van der Waals surface area contributed by atoms with E-state index in [9.17, 15) is 19.2 Å². The van der Waals surface area contributed by atoms with Gasteiger partial charge in [-0.1, -0.05) is 25.0 Å². The molecule has 182 valence electrons. The van der Waals surface area contributed by atoms with E-state index >= 15 is 0 Å². The van der Waals surface area contributed by atoms with E-state index in [1.54, 1.807) is 37.4 Å². The van der Waals surface area contributed by atoms with Gasteiger partial charge in [0.2, 0.25) is 0 Å². The van der Waals surface area contributed by atoms with Gasteiger partial charge in [0.25, 0.3) is 0 Å². The second kappa shape index (κ2) is 12.6. The number of carbonyl (C=O) groups excluding carboxylic acids is 4. The minimum absolute atomic E-state index is 0.0314. The molecule has 2 aromatic rings. The van der Waals surface area contributed by atoms with Crippen molar-refractivity contribution in [3.05, 3.63) is 51.0 Å². The molecule has 1 aromatic carbocycles. The van der Waals surface area contributed by atoms with Gasteiger partial charge in [0.15, 0.2) is 5.78 Å². The molecule has 0 amide bonds. The molecule has 0 saturated heterocycles. The van der Waals surface area contributed by atoms with Gasteiger partial charge in [-0.25, -0.2) is 4.98 Å². The standard InChI is InChI=1S/C26H31NO6S/c1-3-32-24(29)12-17-9-10-19(22(11-17)26(31)18-7-5-6-8-18)13-21(28)15-23-27-20(16-34-23)14-25(30)33-4-2/h9-11,16,18H,3-8,12-15H2,1-2H3. The van der Waals surface area contributed by atoms with Gasteiger partial charge in [0.05, 0.1) is 38.2 Å². The van der Waals surface area contributed by atoms with Gasteiger partial charge >= 0.3 is 11.9 Å². The number of carbonyl (C=O) groups is 4. The van der Waals surface area contributed by atoms with Crippen LogP contribution in [0, 0.1) is 5.92 Å². The number of thiazole rings is 1. The van der Waals surface area contributed by atoms with Crippen molar-refractivity contribution in [3.8, 4) is 0 Å². The van der Waals surface area contributed by atoms with Gasteiger partial charge in [0, 0.05) is 23.3 Å². The zero-order chi connectivity index (χ0) is 24.5. The maximum atomic E-state index is 13.2. The Bertz CT molecular complexity index is 1040. The molecule has 0 N–H and O–H groups in total. The van der Waals surface area contributed by atoms with E-state index in [0.29, 0.717) is 40.6 Å². The maximum absolute atomic E-state index is 13.2. The minimum atomic E-state index is -0.344. The largest absolute Gasteiger partial charge is 0.466 e. The highest BCUT2D eigenvalue weighted by molar-refractivity contribution is 7.09. The van der Waals surface area contributed by atoms with E-state index in [2.05, 4.69) is 4.98 Å². The Balaban J connectivity index is 1.72. The summed E-state index contributed by atoms with van der Waals surface area (Å²) >= 11 is 1.34. The Morgan fingerprint density at radius 2 is 1.62 bits per heavy atom. The number of rotatable bonds is 12. The monoisotopic (exact) mass is 485 g/mol. The molecule has 1 fully saturated rings. The van der Waals surface area contributed by atoms with Crippen LogP contribution in [0.3, 0.4) is 0 Å². The molecule has 1 heterocycles. The van der Waals surface area contributed by atoms with Crippen LogP contribution >= 0.6 is 11.3 Å². The first-order valence-corrected chi connectivity index (χ1v) is 12.7. The summed E-state index contributed by atoms with van der Waals surface area (Å²) in [6.07, 6.45) is 4.20. The molecule has 0 radical (unpaired) electrons. The molecule has 34 heavy (non-hydrogen) atoms. The number of esters is 2. The van der Waals surface area contributed by atoms with Crippen molar-refractivity contribution in [3.63, 3.8) is 0 Å². The predicted molar refractivity (Wildman–Crippen MR) is 128 cm³/mol. The van der Waals surface area contributed by atoms with Crippen LogP contribution in [-0.4, -0.2) is 41.7 Å². The first-order chi connectivity index (χ1) is 16.4. The molecule has 0 unspecified atom stereocenters. The Labute approximate surface area is 203 Å². The van der Waals surface area contributed by atoms with Gasteiger partial charge in [-0.15, -0.1) is 11.3 Å². The zero-order valence-corrected chi connectivity index (χ0v) is 20.6. The van der Waals surface area contributed by atoms with Crippen LogP contribution in [-0.2, 0) is 49.5 Å². The first kappa shape index (κ1) is 25.7. The van der Waals surface area contributed by atoms with E-state index in [1.807, 2.05) is 0 Å². The molecule has 1 saturated carbocycles. The highest BCUT2D eigenvalue weighted by Crippen LogP contribution is 2.30. The normalized spacial score (nSPS) is 13.6. The summed E-state index contributed by atoms with van der Waals surface area (Å²) in [7, 11) is 0. The maximum Gasteiger partial charge on any atom is 0.311 e. The summed E-state index contributed by atoms with van der Waals surface area (Å²) in [6.45, 7) is 4.12. The average molecular weight is 486 g/mol. The molecule has 1 aliphatic rings. The Kier molecular flexibility index (Phi) is 9.51. The van der Waals surface area contributed by atoms with E-state index in [0.717, 1.165) is 25.7 Å². The summed E-state index contributed by atoms with van der Waals surface area (Å²) in [6, 6.07) is 5.31. The number of Topliss-reactive ketones (excluding diaryl/α,β-unsaturated/α-hetero) is 2. The Morgan fingerprint density at radius 1 is 0.941 bits per heavy atom. The number of ketones is 2. The van der Waals surface area contributed by atoms with Crippen molar-refractivity contribution < 1.29 is 28.7 Å². The van der Waals surface area contributed by atoms with Crippen LogP contribution in [0.4, 0.5) is 0 Å². The lowest BCUT2D eigenvalue weighted by molar-refractivity contribution is -0.143. The van der Waals surface area contributed by atoms with Crippen LogP contribution in [0.2, 0.25) is 0 Å². The second-order valence-electron chi connectivity index (χ2n) is 8.43. The molecule has 0 aliphatic heterocycles. The summed E-state index contributed by atoms with van der Waals surface area (Å²) in [5.74, 6) is -0.722. The number of hydrogen-bond acceptors (Lipinski definition) is 8. The van der Waals surface area contributed by atoms with E-state index in [1.165, 1.54) is 11.3 Å². The fraction of sp³-hybridized carbons (Fsp3) is 0.500. The van der Waals surface area contributed by atoms with Crippen LogP contribution in [0.15, 0.2) is 23.6 Å². The summed E-state index contributed by atoms with van der Waals surface area (Å²) < 4.78 is 9.97. The van der Waals surface area contributed by atoms with Crippen molar-refractivity contribution >= 4 is 34.8 Å². The SMILES string of the molecule is CCOC(=O)Cc1ccc(CC(=O)Cc2nc(CC(=O)OCC)cs2)c(C(=O)C2CCCC2)c1. The molecule has 1 aliphatic carbocycles. The number of ether oxygens (including phenoxy) is 2. The molecule has 7 nitrogen and oxygen atoms in total. The van der Waals surface area contributed by atoms with Crippen molar-refractivity contribution in [1.29, 1.82) is 0 Å². The highest BCUT2D eigenvalue weighted by atomic mass is 32.1. The van der Waals surface area contributed by atoms with E-state index in [-0.39, 0.29) is 55.1 Å². The quantitative estimate of drug-likeness (QED) is 0.330. The zero-order valence-electron chi connectivity index (χ0n) is 19.8. The molecule has 8 heteroatoms. The topological polar surface area (TPSA) is 99.6 Å². The van der Waals surface area contributed by atoms with Gasteiger partial charge in [-0.05, 0) is 43.9 Å². The summed E-state index contributed by atoms with van der Waals surface area (Å²) in [4.78, 5) is 54.0. The smallest absolute Gasteiger partial charge is 0.311 e. The van der Waals surface area contributed by atoms with Gasteiger partial charge in [-0.3, -0.25) is 19.2 Å². The van der Waals surface area contributed by atoms with E-state index in [4.69, 9.17) is 9.47 Å². The fourth-order valence-corrected chi connectivity index (χ4v) is 5.04. The third kappa shape index (κ3) is 7.32. The van der Waals surface area contributed by atoms with Crippen molar-refractivity contribution in [2.45, 2.75) is 65.2 Å². The third-order valence-corrected chi connectivity index (χ3v) is 6.68. The third-order valence-electron chi connectivity index (χ3n) is 5.79. The number of nitrogens with zero attached hydrogens (tertiary/aromatic N) is 1. The van der Waals surface area contributed by atoms with Gasteiger partial charge in [0.1, 0.15) is 10.8 Å². The summed E-state index contributed by atoms with van der Waals surface area (Å²) in [5, 5.41) is 2.39. The van der Waals surface area contributed by atoms with Crippen molar-refractivity contribution in [2.24, 2.45) is 5.92 Å². The number of benzene rings is 1. The van der Waals surface area contributed by atoms with Crippen molar-refractivity contribution in [1.82, 2.24) is 4.98 Å². The molecular formula is C26H31NO6S. The molecule has 1 aromatic heterocycles. The average Bonchev–Trinajstić information content (AvgIpc) is 3.47. The Morgan fingerprint density at radius 3 is 2.29 bits per heavy atom. The molecular weight excluding hydrogens is 454 g/mol. The highest BCUT2D eigenvalue weighted by Gasteiger charge is 2.26. The van der Waals surface area contributed by atoms with Crippen molar-refractivity contribution in [2.75, 3.05) is 13.2 Å².